The average Bonchev–Trinajstić information content (AvgIpc) is 3.02. The second kappa shape index (κ2) is 6.91. The summed E-state index contributed by atoms with van der Waals surface area (Å²) in [6.07, 6.45) is 0. The minimum Gasteiger partial charge on any atom is -0.454 e. The first-order valence-corrected chi connectivity index (χ1v) is 8.09. The maximum absolute atomic E-state index is 12.1. The fourth-order valence-electron chi connectivity index (χ4n) is 2.31. The van der Waals surface area contributed by atoms with Gasteiger partial charge >= 0.3 is 0 Å². The summed E-state index contributed by atoms with van der Waals surface area (Å²) < 4.78 is 11.6. The molecule has 0 saturated heterocycles. The average molecular weight is 377 g/mol. The number of benzene rings is 2. The molecule has 2 aromatic rings. The SMILES string of the molecule is C[C@@H](NC(=O)CNc1ccc(Br)cc1)c1ccc2c(c1)OCO2. The topological polar surface area (TPSA) is 59.6 Å². The highest BCUT2D eigenvalue weighted by atomic mass is 79.9. The molecule has 1 heterocycles. The summed E-state index contributed by atoms with van der Waals surface area (Å²) in [4.78, 5) is 12.1. The summed E-state index contributed by atoms with van der Waals surface area (Å²) >= 11 is 3.38. The van der Waals surface area contributed by atoms with Gasteiger partial charge in [0.05, 0.1) is 12.6 Å². The minimum absolute atomic E-state index is 0.0712. The number of anilines is 1. The van der Waals surface area contributed by atoms with Gasteiger partial charge in [0.1, 0.15) is 0 Å². The molecular formula is C17H17BrN2O3. The molecule has 3 rings (SSSR count). The van der Waals surface area contributed by atoms with Crippen molar-refractivity contribution in [2.45, 2.75) is 13.0 Å². The Hall–Kier alpha value is -2.21. The van der Waals surface area contributed by atoms with E-state index >= 15 is 0 Å². The molecule has 0 bridgehead atoms. The number of fused-ring (bicyclic) bond motifs is 1. The van der Waals surface area contributed by atoms with E-state index in [1.165, 1.54) is 0 Å². The molecule has 1 aliphatic rings. The van der Waals surface area contributed by atoms with E-state index in [-0.39, 0.29) is 25.3 Å². The molecule has 120 valence electrons. The van der Waals surface area contributed by atoms with Crippen LogP contribution in [0.3, 0.4) is 0 Å². The molecule has 0 spiro atoms. The van der Waals surface area contributed by atoms with Crippen molar-refractivity contribution in [3.63, 3.8) is 0 Å². The molecular weight excluding hydrogens is 360 g/mol. The number of amides is 1. The van der Waals surface area contributed by atoms with E-state index in [4.69, 9.17) is 9.47 Å². The molecule has 0 unspecified atom stereocenters. The molecule has 2 N–H and O–H groups in total. The van der Waals surface area contributed by atoms with Crippen LogP contribution in [0.5, 0.6) is 11.5 Å². The van der Waals surface area contributed by atoms with Gasteiger partial charge < -0.3 is 20.1 Å². The van der Waals surface area contributed by atoms with Crippen LogP contribution in [0.2, 0.25) is 0 Å². The van der Waals surface area contributed by atoms with E-state index in [1.54, 1.807) is 0 Å². The van der Waals surface area contributed by atoms with Gasteiger partial charge in [-0.25, -0.2) is 0 Å². The minimum atomic E-state index is -0.108. The Bertz CT molecular complexity index is 703. The molecule has 0 aromatic heterocycles. The molecule has 0 aliphatic carbocycles. The summed E-state index contributed by atoms with van der Waals surface area (Å²) in [5, 5.41) is 6.05. The Morgan fingerprint density at radius 1 is 1.17 bits per heavy atom. The predicted octanol–water partition coefficient (Wildman–Crippen LogP) is 3.47. The molecule has 0 fully saturated rings. The van der Waals surface area contributed by atoms with Gasteiger partial charge in [-0.1, -0.05) is 22.0 Å². The number of halogens is 1. The first kappa shape index (κ1) is 15.7. The maximum Gasteiger partial charge on any atom is 0.239 e. The Balaban J connectivity index is 1.54. The number of nitrogens with one attached hydrogen (secondary N) is 2. The Morgan fingerprint density at radius 2 is 1.91 bits per heavy atom. The van der Waals surface area contributed by atoms with Crippen molar-refractivity contribution in [2.75, 3.05) is 18.7 Å². The molecule has 5 nitrogen and oxygen atoms in total. The van der Waals surface area contributed by atoms with E-state index in [1.807, 2.05) is 49.4 Å². The summed E-state index contributed by atoms with van der Waals surface area (Å²) in [5.74, 6) is 1.39. The molecule has 1 atom stereocenters. The van der Waals surface area contributed by atoms with E-state index in [0.717, 1.165) is 27.2 Å². The zero-order chi connectivity index (χ0) is 16.2. The van der Waals surface area contributed by atoms with Crippen LogP contribution in [0.1, 0.15) is 18.5 Å². The maximum atomic E-state index is 12.1. The molecule has 1 aliphatic heterocycles. The van der Waals surface area contributed by atoms with E-state index < -0.39 is 0 Å². The molecule has 6 heteroatoms. The van der Waals surface area contributed by atoms with Crippen LogP contribution in [-0.2, 0) is 4.79 Å². The highest BCUT2D eigenvalue weighted by molar-refractivity contribution is 9.10. The van der Waals surface area contributed by atoms with Gasteiger partial charge in [-0.15, -0.1) is 0 Å². The standard InChI is InChI=1S/C17H17BrN2O3/c1-11(12-2-7-15-16(8-12)23-10-22-15)20-17(21)9-19-14-5-3-13(18)4-6-14/h2-8,11,19H,9-10H2,1H3,(H,20,21)/t11-/m1/s1. The Kier molecular flexibility index (Phi) is 4.71. The lowest BCUT2D eigenvalue weighted by Crippen LogP contribution is -2.32. The second-order valence-electron chi connectivity index (χ2n) is 5.26. The van der Waals surface area contributed by atoms with Crippen molar-refractivity contribution in [3.05, 3.63) is 52.5 Å². The molecule has 23 heavy (non-hydrogen) atoms. The van der Waals surface area contributed by atoms with E-state index in [9.17, 15) is 4.79 Å². The normalized spacial score (nSPS) is 13.5. The van der Waals surface area contributed by atoms with Crippen molar-refractivity contribution in [2.24, 2.45) is 0 Å². The fraction of sp³-hybridized carbons (Fsp3) is 0.235. The third-order valence-corrected chi connectivity index (χ3v) is 4.10. The Labute approximate surface area is 143 Å². The van der Waals surface area contributed by atoms with Gasteiger partial charge in [-0.2, -0.15) is 0 Å². The number of hydrogen-bond donors (Lipinski definition) is 2. The molecule has 0 saturated carbocycles. The van der Waals surface area contributed by atoms with Crippen LogP contribution in [0.4, 0.5) is 5.69 Å². The monoisotopic (exact) mass is 376 g/mol. The lowest BCUT2D eigenvalue weighted by atomic mass is 10.1. The number of carbonyl (C=O) groups excluding carboxylic acids is 1. The lowest BCUT2D eigenvalue weighted by molar-refractivity contribution is -0.120. The van der Waals surface area contributed by atoms with Crippen molar-refractivity contribution in [3.8, 4) is 11.5 Å². The van der Waals surface area contributed by atoms with Crippen LogP contribution in [0, 0.1) is 0 Å². The van der Waals surface area contributed by atoms with Gasteiger partial charge in [0.2, 0.25) is 12.7 Å². The first-order chi connectivity index (χ1) is 11.1. The van der Waals surface area contributed by atoms with Crippen LogP contribution >= 0.6 is 15.9 Å². The number of hydrogen-bond acceptors (Lipinski definition) is 4. The van der Waals surface area contributed by atoms with Gasteiger partial charge in [0.15, 0.2) is 11.5 Å². The van der Waals surface area contributed by atoms with Crippen molar-refractivity contribution in [1.82, 2.24) is 5.32 Å². The summed E-state index contributed by atoms with van der Waals surface area (Å²) in [6, 6.07) is 13.3. The van der Waals surface area contributed by atoms with E-state index in [0.29, 0.717) is 0 Å². The van der Waals surface area contributed by atoms with Gasteiger partial charge in [-0.3, -0.25) is 4.79 Å². The van der Waals surface area contributed by atoms with Crippen LogP contribution < -0.4 is 20.1 Å². The number of carbonyl (C=O) groups is 1. The zero-order valence-corrected chi connectivity index (χ0v) is 14.2. The van der Waals surface area contributed by atoms with Crippen LogP contribution in [-0.4, -0.2) is 19.2 Å². The molecule has 1 amide bonds. The van der Waals surface area contributed by atoms with Crippen molar-refractivity contribution in [1.29, 1.82) is 0 Å². The number of ether oxygens (including phenoxy) is 2. The fourth-order valence-corrected chi connectivity index (χ4v) is 2.57. The summed E-state index contributed by atoms with van der Waals surface area (Å²) in [5.41, 5.74) is 1.88. The zero-order valence-electron chi connectivity index (χ0n) is 12.6. The largest absolute Gasteiger partial charge is 0.454 e. The Morgan fingerprint density at radius 3 is 2.70 bits per heavy atom. The first-order valence-electron chi connectivity index (χ1n) is 7.30. The quantitative estimate of drug-likeness (QED) is 0.838. The summed E-state index contributed by atoms with van der Waals surface area (Å²) in [7, 11) is 0. The third-order valence-electron chi connectivity index (χ3n) is 3.57. The molecule has 0 radical (unpaired) electrons. The van der Waals surface area contributed by atoms with Crippen LogP contribution in [0.15, 0.2) is 46.9 Å². The van der Waals surface area contributed by atoms with Crippen LogP contribution in [0.25, 0.3) is 0 Å². The third kappa shape index (κ3) is 3.96. The lowest BCUT2D eigenvalue weighted by Gasteiger charge is -2.15. The highest BCUT2D eigenvalue weighted by Gasteiger charge is 2.16. The van der Waals surface area contributed by atoms with Gasteiger partial charge in [0.25, 0.3) is 0 Å². The molecule has 2 aromatic carbocycles. The highest BCUT2D eigenvalue weighted by Crippen LogP contribution is 2.34. The van der Waals surface area contributed by atoms with Gasteiger partial charge in [0, 0.05) is 10.2 Å². The van der Waals surface area contributed by atoms with E-state index in [2.05, 4.69) is 26.6 Å². The van der Waals surface area contributed by atoms with Crippen molar-refractivity contribution < 1.29 is 14.3 Å². The predicted molar refractivity (Wildman–Crippen MR) is 91.8 cm³/mol. The second-order valence-corrected chi connectivity index (χ2v) is 6.18. The number of rotatable bonds is 5. The smallest absolute Gasteiger partial charge is 0.239 e. The summed E-state index contributed by atoms with van der Waals surface area (Å²) in [6.45, 7) is 2.40. The van der Waals surface area contributed by atoms with Gasteiger partial charge in [-0.05, 0) is 48.9 Å². The van der Waals surface area contributed by atoms with Crippen molar-refractivity contribution >= 4 is 27.5 Å².